The Kier molecular flexibility index (Phi) is 5.89. The average Bonchev–Trinajstić information content (AvgIpc) is 2.69. The van der Waals surface area contributed by atoms with Gasteiger partial charge in [0, 0.05) is 17.9 Å². The van der Waals surface area contributed by atoms with Crippen LogP contribution in [0.5, 0.6) is 5.75 Å². The Labute approximate surface area is 165 Å². The zero-order valence-electron chi connectivity index (χ0n) is 16.5. The number of anilines is 2. The third-order valence-electron chi connectivity index (χ3n) is 4.42. The zero-order chi connectivity index (χ0) is 20.1. The molecule has 6 heteroatoms. The van der Waals surface area contributed by atoms with Crippen molar-refractivity contribution in [3.05, 3.63) is 76.6 Å². The summed E-state index contributed by atoms with van der Waals surface area (Å²) in [7, 11) is 1.64. The van der Waals surface area contributed by atoms with Crippen LogP contribution in [-0.4, -0.2) is 23.0 Å². The Morgan fingerprint density at radius 3 is 2.32 bits per heavy atom. The largest absolute Gasteiger partial charge is 0.497 e. The van der Waals surface area contributed by atoms with Crippen LogP contribution in [-0.2, 0) is 6.54 Å². The maximum Gasteiger partial charge on any atom is 0.274 e. The summed E-state index contributed by atoms with van der Waals surface area (Å²) in [6.45, 7) is 6.33. The van der Waals surface area contributed by atoms with Gasteiger partial charge in [0.1, 0.15) is 11.4 Å². The number of carbonyl (C=O) groups is 1. The second kappa shape index (κ2) is 8.52. The molecule has 0 saturated carbocycles. The van der Waals surface area contributed by atoms with Crippen LogP contribution < -0.4 is 15.4 Å². The van der Waals surface area contributed by atoms with Crippen molar-refractivity contribution >= 4 is 17.5 Å². The molecule has 3 rings (SSSR count). The fraction of sp³-hybridized carbons (Fsp3) is 0.227. The molecule has 0 saturated heterocycles. The van der Waals surface area contributed by atoms with Gasteiger partial charge in [0.2, 0.25) is 5.95 Å². The van der Waals surface area contributed by atoms with E-state index in [1.165, 1.54) is 0 Å². The third-order valence-corrected chi connectivity index (χ3v) is 4.42. The van der Waals surface area contributed by atoms with Crippen LogP contribution in [0.25, 0.3) is 0 Å². The van der Waals surface area contributed by atoms with Gasteiger partial charge >= 0.3 is 0 Å². The number of benzene rings is 2. The summed E-state index contributed by atoms with van der Waals surface area (Å²) in [4.78, 5) is 21.5. The van der Waals surface area contributed by atoms with E-state index in [1.54, 1.807) is 13.2 Å². The lowest BCUT2D eigenvalue weighted by atomic mass is 10.1. The normalized spacial score (nSPS) is 10.4. The molecule has 6 nitrogen and oxygen atoms in total. The number of aryl methyl sites for hydroxylation is 3. The van der Waals surface area contributed by atoms with Crippen molar-refractivity contribution in [1.82, 2.24) is 9.97 Å². The minimum atomic E-state index is -0.254. The summed E-state index contributed by atoms with van der Waals surface area (Å²) in [6.07, 6.45) is 0. The summed E-state index contributed by atoms with van der Waals surface area (Å²) < 4.78 is 5.17. The van der Waals surface area contributed by atoms with Gasteiger partial charge in [0.15, 0.2) is 0 Å². The number of hydrogen-bond acceptors (Lipinski definition) is 5. The molecule has 0 spiro atoms. The van der Waals surface area contributed by atoms with Crippen LogP contribution in [0.3, 0.4) is 0 Å². The van der Waals surface area contributed by atoms with E-state index in [9.17, 15) is 4.79 Å². The molecule has 0 unspecified atom stereocenters. The van der Waals surface area contributed by atoms with Gasteiger partial charge < -0.3 is 15.4 Å². The van der Waals surface area contributed by atoms with Crippen molar-refractivity contribution in [1.29, 1.82) is 0 Å². The first-order valence-corrected chi connectivity index (χ1v) is 9.06. The number of carbonyl (C=O) groups excluding carboxylic acids is 1. The van der Waals surface area contributed by atoms with Crippen molar-refractivity contribution in [3.63, 3.8) is 0 Å². The second-order valence-corrected chi connectivity index (χ2v) is 6.64. The van der Waals surface area contributed by atoms with Gasteiger partial charge in [-0.15, -0.1) is 0 Å². The smallest absolute Gasteiger partial charge is 0.274 e. The lowest BCUT2D eigenvalue weighted by Gasteiger charge is -2.12. The van der Waals surface area contributed by atoms with E-state index in [2.05, 4.69) is 20.6 Å². The minimum Gasteiger partial charge on any atom is -0.497 e. The van der Waals surface area contributed by atoms with E-state index in [0.717, 1.165) is 33.8 Å². The van der Waals surface area contributed by atoms with Crippen molar-refractivity contribution in [2.45, 2.75) is 27.3 Å². The van der Waals surface area contributed by atoms with E-state index < -0.39 is 0 Å². The molecular weight excluding hydrogens is 352 g/mol. The zero-order valence-corrected chi connectivity index (χ0v) is 16.5. The standard InChI is InChI=1S/C22H24N4O2/c1-14-6-5-7-15(2)20(14)26-21(27)19-12-16(3)24-22(25-19)23-13-17-8-10-18(28-4)11-9-17/h5-12H,13H2,1-4H3,(H,26,27)(H,23,24,25). The van der Waals surface area contributed by atoms with Crippen LogP contribution in [0.15, 0.2) is 48.5 Å². The fourth-order valence-corrected chi connectivity index (χ4v) is 2.88. The highest BCUT2D eigenvalue weighted by molar-refractivity contribution is 6.03. The van der Waals surface area contributed by atoms with Crippen molar-refractivity contribution in [2.75, 3.05) is 17.7 Å². The predicted molar refractivity (Wildman–Crippen MR) is 111 cm³/mol. The van der Waals surface area contributed by atoms with Crippen LogP contribution in [0.4, 0.5) is 11.6 Å². The molecule has 1 amide bonds. The molecule has 2 N–H and O–H groups in total. The summed E-state index contributed by atoms with van der Waals surface area (Å²) in [6, 6.07) is 15.3. The van der Waals surface area contributed by atoms with E-state index in [-0.39, 0.29) is 5.91 Å². The molecule has 0 aliphatic rings. The first kappa shape index (κ1) is 19.4. The molecule has 0 aliphatic heterocycles. The molecule has 0 radical (unpaired) electrons. The number of nitrogens with zero attached hydrogens (tertiary/aromatic N) is 2. The molecule has 2 aromatic carbocycles. The molecule has 3 aromatic rings. The van der Waals surface area contributed by atoms with Crippen LogP contribution in [0.2, 0.25) is 0 Å². The average molecular weight is 376 g/mol. The summed E-state index contributed by atoms with van der Waals surface area (Å²) >= 11 is 0. The van der Waals surface area contributed by atoms with Crippen molar-refractivity contribution in [3.8, 4) is 5.75 Å². The van der Waals surface area contributed by atoms with Gasteiger partial charge in [-0.25, -0.2) is 9.97 Å². The van der Waals surface area contributed by atoms with Gasteiger partial charge in [-0.1, -0.05) is 30.3 Å². The molecule has 0 atom stereocenters. The van der Waals surface area contributed by atoms with Crippen LogP contribution in [0, 0.1) is 20.8 Å². The number of hydrogen-bond donors (Lipinski definition) is 2. The maximum atomic E-state index is 12.7. The molecule has 0 aliphatic carbocycles. The van der Waals surface area contributed by atoms with Crippen LogP contribution in [0.1, 0.15) is 32.9 Å². The summed E-state index contributed by atoms with van der Waals surface area (Å²) in [5, 5.41) is 6.14. The van der Waals surface area contributed by atoms with E-state index in [4.69, 9.17) is 4.74 Å². The number of methoxy groups -OCH3 is 1. The lowest BCUT2D eigenvalue weighted by Crippen LogP contribution is -2.17. The molecular formula is C22H24N4O2. The Hall–Kier alpha value is -3.41. The van der Waals surface area contributed by atoms with E-state index >= 15 is 0 Å². The first-order chi connectivity index (χ1) is 13.5. The maximum absolute atomic E-state index is 12.7. The molecule has 28 heavy (non-hydrogen) atoms. The van der Waals surface area contributed by atoms with Gasteiger partial charge in [-0.2, -0.15) is 0 Å². The number of aromatic nitrogens is 2. The monoisotopic (exact) mass is 376 g/mol. The SMILES string of the molecule is COc1ccc(CNc2nc(C)cc(C(=O)Nc3c(C)cccc3C)n2)cc1. The first-order valence-electron chi connectivity index (χ1n) is 9.06. The number of para-hydroxylation sites is 1. The Balaban J connectivity index is 1.74. The number of nitrogens with one attached hydrogen (secondary N) is 2. The Morgan fingerprint density at radius 1 is 1.00 bits per heavy atom. The molecule has 0 bridgehead atoms. The quantitative estimate of drug-likeness (QED) is 0.672. The predicted octanol–water partition coefficient (Wildman–Crippen LogP) is 4.27. The van der Waals surface area contributed by atoms with E-state index in [0.29, 0.717) is 18.2 Å². The molecule has 1 heterocycles. The van der Waals surface area contributed by atoms with Gasteiger partial charge in [-0.05, 0) is 55.7 Å². The second-order valence-electron chi connectivity index (χ2n) is 6.64. The number of amides is 1. The third kappa shape index (κ3) is 4.65. The Morgan fingerprint density at radius 2 is 1.68 bits per heavy atom. The molecule has 0 fully saturated rings. The molecule has 144 valence electrons. The summed E-state index contributed by atoms with van der Waals surface area (Å²) in [5.41, 5.74) is 4.95. The van der Waals surface area contributed by atoms with Gasteiger partial charge in [0.05, 0.1) is 7.11 Å². The molecule has 1 aromatic heterocycles. The fourth-order valence-electron chi connectivity index (χ4n) is 2.88. The highest BCUT2D eigenvalue weighted by atomic mass is 16.5. The van der Waals surface area contributed by atoms with Gasteiger partial charge in [0.25, 0.3) is 5.91 Å². The Bertz CT molecular complexity index is 964. The number of rotatable bonds is 6. The minimum absolute atomic E-state index is 0.254. The van der Waals surface area contributed by atoms with Crippen molar-refractivity contribution in [2.24, 2.45) is 0 Å². The summed E-state index contributed by atoms with van der Waals surface area (Å²) in [5.74, 6) is 0.971. The highest BCUT2D eigenvalue weighted by Crippen LogP contribution is 2.20. The van der Waals surface area contributed by atoms with Gasteiger partial charge in [-0.3, -0.25) is 4.79 Å². The number of ether oxygens (including phenoxy) is 1. The highest BCUT2D eigenvalue weighted by Gasteiger charge is 2.13. The van der Waals surface area contributed by atoms with Crippen molar-refractivity contribution < 1.29 is 9.53 Å². The lowest BCUT2D eigenvalue weighted by molar-refractivity contribution is 0.102. The van der Waals surface area contributed by atoms with Crippen LogP contribution >= 0.6 is 0 Å². The topological polar surface area (TPSA) is 76.1 Å². The van der Waals surface area contributed by atoms with E-state index in [1.807, 2.05) is 63.2 Å².